The van der Waals surface area contributed by atoms with Crippen molar-refractivity contribution in [2.24, 2.45) is 0 Å². The van der Waals surface area contributed by atoms with Gasteiger partial charge in [0.15, 0.2) is 0 Å². The summed E-state index contributed by atoms with van der Waals surface area (Å²) in [6, 6.07) is 6.94. The van der Waals surface area contributed by atoms with Gasteiger partial charge in [0.25, 0.3) is 5.91 Å². The van der Waals surface area contributed by atoms with E-state index in [9.17, 15) is 14.4 Å². The average Bonchev–Trinajstić information content (AvgIpc) is 2.79. The molecule has 1 heterocycles. The molecule has 0 aliphatic rings. The maximum atomic E-state index is 12.9. The molecule has 2 rings (SSSR count). The lowest BCUT2D eigenvalue weighted by Gasteiger charge is -2.21. The molecule has 2 aromatic rings. The van der Waals surface area contributed by atoms with Gasteiger partial charge in [0.05, 0.1) is 25.8 Å². The zero-order chi connectivity index (χ0) is 25.3. The SMILES string of the molecule is CCC(NC(=O)c1ccccc1Oc1nc(OC)cc(OC)n1)C(=O)NCC(=O)OC(C)(C)C. The van der Waals surface area contributed by atoms with Crippen molar-refractivity contribution >= 4 is 17.8 Å². The smallest absolute Gasteiger partial charge is 0.328 e. The minimum absolute atomic E-state index is 0.0846. The normalized spacial score (nSPS) is 11.7. The third-order valence-electron chi connectivity index (χ3n) is 4.27. The van der Waals surface area contributed by atoms with Crippen LogP contribution in [0.5, 0.6) is 23.5 Å². The van der Waals surface area contributed by atoms with Crippen molar-refractivity contribution in [3.8, 4) is 23.5 Å². The predicted molar refractivity (Wildman–Crippen MR) is 122 cm³/mol. The number of esters is 1. The van der Waals surface area contributed by atoms with Gasteiger partial charge in [-0.05, 0) is 39.3 Å². The first-order valence-electron chi connectivity index (χ1n) is 10.6. The Labute approximate surface area is 198 Å². The highest BCUT2D eigenvalue weighted by molar-refractivity contribution is 6.00. The Bertz CT molecular complexity index is 998. The number of benzene rings is 1. The zero-order valence-corrected chi connectivity index (χ0v) is 20.1. The summed E-state index contributed by atoms with van der Waals surface area (Å²) in [4.78, 5) is 45.5. The number of hydrogen-bond acceptors (Lipinski definition) is 9. The highest BCUT2D eigenvalue weighted by atomic mass is 16.6. The summed E-state index contributed by atoms with van der Waals surface area (Å²) in [7, 11) is 2.87. The number of carbonyl (C=O) groups is 3. The summed E-state index contributed by atoms with van der Waals surface area (Å²) >= 11 is 0. The lowest BCUT2D eigenvalue weighted by molar-refractivity contribution is -0.154. The number of methoxy groups -OCH3 is 2. The lowest BCUT2D eigenvalue weighted by Crippen LogP contribution is -2.48. The first-order chi connectivity index (χ1) is 16.1. The molecule has 1 unspecified atom stereocenters. The number of para-hydroxylation sites is 1. The molecule has 2 amide bonds. The van der Waals surface area contributed by atoms with Gasteiger partial charge in [-0.1, -0.05) is 19.1 Å². The van der Waals surface area contributed by atoms with Gasteiger partial charge in [-0.2, -0.15) is 9.97 Å². The molecule has 1 aromatic carbocycles. The summed E-state index contributed by atoms with van der Waals surface area (Å²) in [5, 5.41) is 5.14. The number of nitrogens with zero attached hydrogens (tertiary/aromatic N) is 2. The molecule has 0 aliphatic carbocycles. The van der Waals surface area contributed by atoms with E-state index in [1.54, 1.807) is 45.9 Å². The van der Waals surface area contributed by atoms with Crippen LogP contribution < -0.4 is 24.8 Å². The molecular weight excluding hydrogens is 444 g/mol. The second-order valence-electron chi connectivity index (χ2n) is 8.07. The maximum Gasteiger partial charge on any atom is 0.328 e. The summed E-state index contributed by atoms with van der Waals surface area (Å²) in [5.74, 6) is -1.03. The fourth-order valence-corrected chi connectivity index (χ4v) is 2.73. The lowest BCUT2D eigenvalue weighted by atomic mass is 10.1. The van der Waals surface area contributed by atoms with Crippen molar-refractivity contribution < 1.29 is 33.3 Å². The number of ether oxygens (including phenoxy) is 4. The van der Waals surface area contributed by atoms with Crippen LogP contribution in [-0.4, -0.2) is 60.2 Å². The number of amides is 2. The van der Waals surface area contributed by atoms with Gasteiger partial charge in [-0.3, -0.25) is 14.4 Å². The monoisotopic (exact) mass is 474 g/mol. The third kappa shape index (κ3) is 7.91. The molecule has 2 N–H and O–H groups in total. The summed E-state index contributed by atoms with van der Waals surface area (Å²) < 4.78 is 21.1. The second kappa shape index (κ2) is 11.8. The standard InChI is InChI=1S/C23H30N4O7/c1-7-15(21(30)24-13-19(28)34-23(2,3)4)25-20(29)14-10-8-9-11-16(14)33-22-26-17(31-5)12-18(27-22)32-6/h8-12,15H,7,13H2,1-6H3,(H,24,30)(H,25,29). The van der Waals surface area contributed by atoms with E-state index in [4.69, 9.17) is 18.9 Å². The van der Waals surface area contributed by atoms with Gasteiger partial charge >= 0.3 is 12.0 Å². The van der Waals surface area contributed by atoms with Crippen LogP contribution in [0, 0.1) is 0 Å². The van der Waals surface area contributed by atoms with Gasteiger partial charge in [-0.15, -0.1) is 0 Å². The average molecular weight is 475 g/mol. The van der Waals surface area contributed by atoms with E-state index in [2.05, 4.69) is 20.6 Å². The first kappa shape index (κ1) is 26.4. The zero-order valence-electron chi connectivity index (χ0n) is 20.1. The molecule has 0 fully saturated rings. The molecule has 1 aromatic heterocycles. The van der Waals surface area contributed by atoms with Gasteiger partial charge in [0, 0.05) is 0 Å². The van der Waals surface area contributed by atoms with Crippen LogP contribution in [0.25, 0.3) is 0 Å². The van der Waals surface area contributed by atoms with Crippen molar-refractivity contribution in [1.29, 1.82) is 0 Å². The number of rotatable bonds is 10. The van der Waals surface area contributed by atoms with E-state index in [-0.39, 0.29) is 35.6 Å². The number of hydrogen-bond donors (Lipinski definition) is 2. The van der Waals surface area contributed by atoms with Crippen molar-refractivity contribution in [1.82, 2.24) is 20.6 Å². The summed E-state index contributed by atoms with van der Waals surface area (Å²) in [6.45, 7) is 6.61. The molecule has 34 heavy (non-hydrogen) atoms. The largest absolute Gasteiger partial charge is 0.481 e. The Balaban J connectivity index is 2.11. The number of nitrogens with one attached hydrogen (secondary N) is 2. The van der Waals surface area contributed by atoms with Crippen LogP contribution in [-0.2, 0) is 14.3 Å². The third-order valence-corrected chi connectivity index (χ3v) is 4.27. The highest BCUT2D eigenvalue weighted by Gasteiger charge is 2.24. The fraction of sp³-hybridized carbons (Fsp3) is 0.435. The van der Waals surface area contributed by atoms with Gasteiger partial charge in [0.1, 0.15) is 23.9 Å². The van der Waals surface area contributed by atoms with Crippen LogP contribution in [0.15, 0.2) is 30.3 Å². The molecule has 184 valence electrons. The Hall–Kier alpha value is -3.89. The van der Waals surface area contributed by atoms with Gasteiger partial charge in [0.2, 0.25) is 17.7 Å². The molecule has 11 heteroatoms. The minimum Gasteiger partial charge on any atom is -0.481 e. The Morgan fingerprint density at radius 2 is 1.65 bits per heavy atom. The van der Waals surface area contributed by atoms with Crippen molar-refractivity contribution in [3.63, 3.8) is 0 Å². The molecule has 0 saturated heterocycles. The topological polar surface area (TPSA) is 138 Å². The molecule has 0 radical (unpaired) electrons. The van der Waals surface area contributed by atoms with E-state index in [0.717, 1.165) is 0 Å². The Kier molecular flexibility index (Phi) is 9.17. The predicted octanol–water partition coefficient (Wildman–Crippen LogP) is 2.25. The second-order valence-corrected chi connectivity index (χ2v) is 8.07. The van der Waals surface area contributed by atoms with Crippen LogP contribution in [0.2, 0.25) is 0 Å². The van der Waals surface area contributed by atoms with Crippen LogP contribution >= 0.6 is 0 Å². The molecule has 0 aliphatic heterocycles. The molecule has 0 spiro atoms. The highest BCUT2D eigenvalue weighted by Crippen LogP contribution is 2.26. The van der Waals surface area contributed by atoms with E-state index in [0.29, 0.717) is 6.42 Å². The quantitative estimate of drug-likeness (QED) is 0.497. The van der Waals surface area contributed by atoms with Crippen molar-refractivity contribution in [2.45, 2.75) is 45.8 Å². The van der Waals surface area contributed by atoms with Crippen molar-refractivity contribution in [3.05, 3.63) is 35.9 Å². The Morgan fingerprint density at radius 1 is 1.03 bits per heavy atom. The fourth-order valence-electron chi connectivity index (χ4n) is 2.73. The van der Waals surface area contributed by atoms with E-state index >= 15 is 0 Å². The first-order valence-corrected chi connectivity index (χ1v) is 10.6. The van der Waals surface area contributed by atoms with Gasteiger partial charge < -0.3 is 29.6 Å². The van der Waals surface area contributed by atoms with E-state index in [1.807, 2.05) is 0 Å². The number of carbonyl (C=O) groups excluding carboxylic acids is 3. The van der Waals surface area contributed by atoms with Crippen LogP contribution in [0.3, 0.4) is 0 Å². The maximum absolute atomic E-state index is 12.9. The number of aromatic nitrogens is 2. The molecule has 0 bridgehead atoms. The summed E-state index contributed by atoms with van der Waals surface area (Å²) in [6.07, 6.45) is 0.297. The van der Waals surface area contributed by atoms with E-state index in [1.165, 1.54) is 26.4 Å². The molecule has 0 saturated carbocycles. The Morgan fingerprint density at radius 3 is 2.21 bits per heavy atom. The minimum atomic E-state index is -0.879. The van der Waals surface area contributed by atoms with Crippen molar-refractivity contribution in [2.75, 3.05) is 20.8 Å². The molecular formula is C23H30N4O7. The van der Waals surface area contributed by atoms with E-state index < -0.39 is 29.4 Å². The van der Waals surface area contributed by atoms with Crippen LogP contribution in [0.4, 0.5) is 0 Å². The molecule has 11 nitrogen and oxygen atoms in total. The van der Waals surface area contributed by atoms with Gasteiger partial charge in [-0.25, -0.2) is 0 Å². The molecule has 1 atom stereocenters. The van der Waals surface area contributed by atoms with Crippen LogP contribution in [0.1, 0.15) is 44.5 Å². The summed E-state index contributed by atoms with van der Waals surface area (Å²) in [5.41, 5.74) is -0.508.